The summed E-state index contributed by atoms with van der Waals surface area (Å²) >= 11 is 3.65. The molecule has 1 aromatic carbocycles. The second-order valence-corrected chi connectivity index (χ2v) is 15.5. The van der Waals surface area contributed by atoms with Crippen molar-refractivity contribution < 1.29 is 23.7 Å². The molecule has 0 radical (unpaired) electrons. The van der Waals surface area contributed by atoms with Gasteiger partial charge >= 0.3 is 0 Å². The first-order chi connectivity index (χ1) is 15.0. The minimum atomic E-state index is -2.25. The molecule has 0 amide bonds. The van der Waals surface area contributed by atoms with Crippen LogP contribution in [0.15, 0.2) is 33.9 Å². The summed E-state index contributed by atoms with van der Waals surface area (Å²) in [5.41, 5.74) is 8.74. The van der Waals surface area contributed by atoms with Gasteiger partial charge in [0.05, 0.1) is 30.3 Å². The fourth-order valence-corrected chi connectivity index (χ4v) is 6.11. The number of hydrogen-bond acceptors (Lipinski definition) is 6. The van der Waals surface area contributed by atoms with Crippen LogP contribution in [0.5, 0.6) is 11.5 Å². The van der Waals surface area contributed by atoms with E-state index in [9.17, 15) is 5.11 Å². The minimum absolute atomic E-state index is 0.0374. The summed E-state index contributed by atoms with van der Waals surface area (Å²) < 4.78 is 24.6. The first-order valence-electron chi connectivity index (χ1n) is 10.6. The molecule has 1 heterocycles. The molecule has 0 fully saturated rings. The fourth-order valence-electron chi connectivity index (χ4n) is 4.01. The van der Waals surface area contributed by atoms with Gasteiger partial charge in [-0.2, -0.15) is 0 Å². The maximum atomic E-state index is 11.5. The Bertz CT molecular complexity index is 929. The van der Waals surface area contributed by atoms with Gasteiger partial charge in [0, 0.05) is 22.9 Å². The van der Waals surface area contributed by atoms with E-state index >= 15 is 0 Å². The Kier molecular flexibility index (Phi) is 7.34. The van der Waals surface area contributed by atoms with Crippen molar-refractivity contribution in [1.82, 2.24) is 0 Å². The molecule has 1 aliphatic carbocycles. The molecule has 0 spiro atoms. The SMILES string of the molecule is CO[C@@H]1C[C@@H](O[Si](C)(C)C(C)(C)C)[C@](c2ccc3c(c2)OCO3)([C@@H](O)CN=[N+]=[N-])C=C1Br. The van der Waals surface area contributed by atoms with Crippen molar-refractivity contribution in [3.05, 3.63) is 44.8 Å². The van der Waals surface area contributed by atoms with Gasteiger partial charge in [-0.05, 0) is 41.4 Å². The molecule has 3 rings (SSSR count). The summed E-state index contributed by atoms with van der Waals surface area (Å²) in [5.74, 6) is 1.27. The van der Waals surface area contributed by atoms with E-state index in [2.05, 4.69) is 59.8 Å². The highest BCUT2D eigenvalue weighted by Gasteiger charge is 2.53. The van der Waals surface area contributed by atoms with Gasteiger partial charge in [0.25, 0.3) is 0 Å². The molecule has 1 N–H and O–H groups in total. The molecule has 0 saturated carbocycles. The van der Waals surface area contributed by atoms with E-state index in [1.54, 1.807) is 7.11 Å². The van der Waals surface area contributed by atoms with Crippen molar-refractivity contribution in [3.8, 4) is 11.5 Å². The monoisotopic (exact) mass is 525 g/mol. The number of methoxy groups -OCH3 is 1. The van der Waals surface area contributed by atoms with Gasteiger partial charge in [0.1, 0.15) is 0 Å². The van der Waals surface area contributed by atoms with Crippen LogP contribution >= 0.6 is 15.9 Å². The third-order valence-corrected chi connectivity index (χ3v) is 12.1. The summed E-state index contributed by atoms with van der Waals surface area (Å²) in [6, 6.07) is 5.64. The largest absolute Gasteiger partial charge is 0.454 e. The number of aliphatic hydroxyl groups excluding tert-OH is 1. The Morgan fingerprint density at radius 2 is 2.03 bits per heavy atom. The molecule has 0 saturated heterocycles. The fraction of sp³-hybridized carbons (Fsp3) is 0.636. The van der Waals surface area contributed by atoms with E-state index < -0.39 is 25.9 Å². The van der Waals surface area contributed by atoms with Crippen LogP contribution in [0.1, 0.15) is 32.8 Å². The molecule has 4 atom stereocenters. The number of nitrogens with zero attached hydrogens (tertiary/aromatic N) is 3. The number of benzene rings is 1. The van der Waals surface area contributed by atoms with Crippen molar-refractivity contribution in [1.29, 1.82) is 0 Å². The highest BCUT2D eigenvalue weighted by Crippen LogP contribution is 2.49. The number of aliphatic hydroxyl groups is 1. The van der Waals surface area contributed by atoms with Crippen LogP contribution in [-0.4, -0.2) is 52.2 Å². The topological polar surface area (TPSA) is 106 Å². The summed E-state index contributed by atoms with van der Waals surface area (Å²) in [6.45, 7) is 11.0. The summed E-state index contributed by atoms with van der Waals surface area (Å²) in [5, 5.41) is 15.1. The Morgan fingerprint density at radius 1 is 1.34 bits per heavy atom. The quantitative estimate of drug-likeness (QED) is 0.221. The zero-order chi connectivity index (χ0) is 23.7. The standard InChI is InChI=1S/C22H32BrN3O5Si/c1-21(2,3)32(5,6)31-20-10-17(28-4)15(23)11-22(20,19(27)12-25-26-24)14-7-8-16-18(9-14)30-13-29-16/h7-9,11,17,19-20,27H,10,12-13H2,1-6H3/t17-,19+,20-,22-/m1/s1. The van der Waals surface area contributed by atoms with Crippen molar-refractivity contribution in [2.24, 2.45) is 5.11 Å². The third kappa shape index (κ3) is 4.57. The molecule has 1 aliphatic heterocycles. The van der Waals surface area contributed by atoms with Crippen LogP contribution in [-0.2, 0) is 14.6 Å². The third-order valence-electron chi connectivity index (χ3n) is 6.91. The number of ether oxygens (including phenoxy) is 3. The molecule has 176 valence electrons. The normalized spacial score (nSPS) is 26.3. The molecule has 0 bridgehead atoms. The smallest absolute Gasteiger partial charge is 0.231 e. The first-order valence-corrected chi connectivity index (χ1v) is 14.3. The maximum Gasteiger partial charge on any atom is 0.231 e. The molecular weight excluding hydrogens is 494 g/mol. The molecule has 8 nitrogen and oxygen atoms in total. The number of azide groups is 1. The maximum absolute atomic E-state index is 11.5. The van der Waals surface area contributed by atoms with E-state index in [1.807, 2.05) is 24.3 Å². The second kappa shape index (κ2) is 9.36. The number of hydrogen-bond donors (Lipinski definition) is 1. The van der Waals surface area contributed by atoms with Gasteiger partial charge < -0.3 is 23.7 Å². The zero-order valence-electron chi connectivity index (χ0n) is 19.5. The van der Waals surface area contributed by atoms with Gasteiger partial charge in [-0.25, -0.2) is 0 Å². The van der Waals surface area contributed by atoms with Gasteiger partial charge in [0.2, 0.25) is 6.79 Å². The van der Waals surface area contributed by atoms with E-state index in [1.165, 1.54) is 0 Å². The Labute approximate surface area is 198 Å². The number of halogens is 1. The van der Waals surface area contributed by atoms with Crippen molar-refractivity contribution >= 4 is 24.2 Å². The van der Waals surface area contributed by atoms with Gasteiger partial charge in [-0.1, -0.05) is 54.0 Å². The van der Waals surface area contributed by atoms with Crippen LogP contribution in [0, 0.1) is 0 Å². The summed E-state index contributed by atoms with van der Waals surface area (Å²) in [4.78, 5) is 2.87. The van der Waals surface area contributed by atoms with Crippen LogP contribution in [0.25, 0.3) is 10.4 Å². The van der Waals surface area contributed by atoms with Gasteiger partial charge in [-0.15, -0.1) is 0 Å². The molecular formula is C22H32BrN3O5Si. The number of fused-ring (bicyclic) bond motifs is 1. The molecule has 2 aliphatic rings. The zero-order valence-corrected chi connectivity index (χ0v) is 22.0. The summed E-state index contributed by atoms with van der Waals surface area (Å²) in [7, 11) is -0.587. The molecule has 10 heteroatoms. The van der Waals surface area contributed by atoms with E-state index in [0.29, 0.717) is 17.9 Å². The Morgan fingerprint density at radius 3 is 2.66 bits per heavy atom. The highest BCUT2D eigenvalue weighted by molar-refractivity contribution is 9.11. The lowest BCUT2D eigenvalue weighted by molar-refractivity contribution is -0.0166. The predicted molar refractivity (Wildman–Crippen MR) is 129 cm³/mol. The molecule has 0 aromatic heterocycles. The molecule has 32 heavy (non-hydrogen) atoms. The second-order valence-electron chi connectivity index (χ2n) is 9.79. The lowest BCUT2D eigenvalue weighted by Gasteiger charge is -2.50. The van der Waals surface area contributed by atoms with Crippen molar-refractivity contribution in [2.45, 2.75) is 69.1 Å². The van der Waals surface area contributed by atoms with Crippen LogP contribution in [0.2, 0.25) is 18.1 Å². The lowest BCUT2D eigenvalue weighted by atomic mass is 9.67. The first kappa shape index (κ1) is 25.1. The van der Waals surface area contributed by atoms with Crippen molar-refractivity contribution in [3.63, 3.8) is 0 Å². The van der Waals surface area contributed by atoms with Crippen LogP contribution in [0.4, 0.5) is 0 Å². The average Bonchev–Trinajstić information content (AvgIpc) is 3.19. The van der Waals surface area contributed by atoms with Gasteiger partial charge in [-0.3, -0.25) is 0 Å². The highest BCUT2D eigenvalue weighted by atomic mass is 79.9. The van der Waals surface area contributed by atoms with Crippen LogP contribution < -0.4 is 9.47 Å². The summed E-state index contributed by atoms with van der Waals surface area (Å²) in [6.07, 6.45) is 0.829. The molecule has 1 aromatic rings. The van der Waals surface area contributed by atoms with E-state index in [4.69, 9.17) is 24.2 Å². The molecule has 0 unspecified atom stereocenters. The Balaban J connectivity index is 2.21. The lowest BCUT2D eigenvalue weighted by Crippen LogP contribution is -2.58. The van der Waals surface area contributed by atoms with Crippen LogP contribution in [0.3, 0.4) is 0 Å². The average molecular weight is 527 g/mol. The van der Waals surface area contributed by atoms with Crippen molar-refractivity contribution in [2.75, 3.05) is 20.4 Å². The number of rotatable bonds is 7. The van der Waals surface area contributed by atoms with E-state index in [0.717, 1.165) is 10.0 Å². The minimum Gasteiger partial charge on any atom is -0.454 e. The Hall–Kier alpha value is -1.55. The van der Waals surface area contributed by atoms with E-state index in [-0.39, 0.29) is 24.5 Å². The van der Waals surface area contributed by atoms with Gasteiger partial charge in [0.15, 0.2) is 19.8 Å². The predicted octanol–water partition coefficient (Wildman–Crippen LogP) is 5.41.